The van der Waals surface area contributed by atoms with E-state index in [1.807, 2.05) is 0 Å². The molecular formula is C18H20F2N2O2. The Hall–Kier alpha value is -2.63. The summed E-state index contributed by atoms with van der Waals surface area (Å²) in [5.41, 5.74) is 0.957. The summed E-state index contributed by atoms with van der Waals surface area (Å²) in [7, 11) is 1.67. The largest absolute Gasteiger partial charge is 0.492 e. The first-order chi connectivity index (χ1) is 11.5. The van der Waals surface area contributed by atoms with Crippen molar-refractivity contribution in [3.05, 3.63) is 65.7 Å². The molecule has 2 amide bonds. The first-order valence-corrected chi connectivity index (χ1v) is 7.66. The molecule has 1 N–H and O–H groups in total. The smallest absolute Gasteiger partial charge is 0.317 e. The van der Waals surface area contributed by atoms with Gasteiger partial charge in [-0.15, -0.1) is 0 Å². The van der Waals surface area contributed by atoms with Crippen LogP contribution in [0.2, 0.25) is 0 Å². The lowest BCUT2D eigenvalue weighted by molar-refractivity contribution is 0.195. The van der Waals surface area contributed by atoms with E-state index in [4.69, 9.17) is 4.74 Å². The van der Waals surface area contributed by atoms with Crippen LogP contribution in [0.25, 0.3) is 0 Å². The van der Waals surface area contributed by atoms with Gasteiger partial charge in [0.15, 0.2) is 0 Å². The van der Waals surface area contributed by atoms with E-state index in [2.05, 4.69) is 5.32 Å². The molecule has 4 nitrogen and oxygen atoms in total. The van der Waals surface area contributed by atoms with Crippen LogP contribution in [-0.4, -0.2) is 37.7 Å². The van der Waals surface area contributed by atoms with Crippen LogP contribution in [0, 0.1) is 11.6 Å². The van der Waals surface area contributed by atoms with E-state index in [9.17, 15) is 13.6 Å². The minimum absolute atomic E-state index is 0.209. The van der Waals surface area contributed by atoms with Crippen molar-refractivity contribution in [1.29, 1.82) is 0 Å². The lowest BCUT2D eigenvalue weighted by Crippen LogP contribution is -2.40. The van der Waals surface area contributed by atoms with Gasteiger partial charge in [-0.3, -0.25) is 0 Å². The van der Waals surface area contributed by atoms with Crippen LogP contribution in [0.15, 0.2) is 48.5 Å². The van der Waals surface area contributed by atoms with E-state index in [-0.39, 0.29) is 17.7 Å². The molecule has 0 aliphatic carbocycles. The fraction of sp³-hybridized carbons (Fsp3) is 0.278. The van der Waals surface area contributed by atoms with Crippen molar-refractivity contribution in [2.45, 2.75) is 6.42 Å². The van der Waals surface area contributed by atoms with Crippen LogP contribution in [0.3, 0.4) is 0 Å². The minimum Gasteiger partial charge on any atom is -0.492 e. The highest BCUT2D eigenvalue weighted by Crippen LogP contribution is 2.10. The predicted octanol–water partition coefficient (Wildman–Crippen LogP) is 3.23. The van der Waals surface area contributed by atoms with Gasteiger partial charge in [0.05, 0.1) is 6.54 Å². The fourth-order valence-corrected chi connectivity index (χ4v) is 2.03. The van der Waals surface area contributed by atoms with Gasteiger partial charge in [0.1, 0.15) is 24.0 Å². The quantitative estimate of drug-likeness (QED) is 0.845. The van der Waals surface area contributed by atoms with Crippen molar-refractivity contribution in [2.75, 3.05) is 26.7 Å². The Kier molecular flexibility index (Phi) is 6.54. The molecule has 0 fully saturated rings. The topological polar surface area (TPSA) is 41.6 Å². The Balaban J connectivity index is 1.64. The molecule has 0 aromatic heterocycles. The van der Waals surface area contributed by atoms with Gasteiger partial charge in [-0.1, -0.05) is 12.1 Å². The van der Waals surface area contributed by atoms with E-state index in [0.29, 0.717) is 31.9 Å². The number of rotatable bonds is 7. The molecular weight excluding hydrogens is 314 g/mol. The number of nitrogens with zero attached hydrogens (tertiary/aromatic N) is 1. The summed E-state index contributed by atoms with van der Waals surface area (Å²) < 4.78 is 31.0. The third-order valence-electron chi connectivity index (χ3n) is 3.46. The molecule has 0 saturated heterocycles. The molecule has 0 aliphatic heterocycles. The maximum atomic E-state index is 12.8. The highest BCUT2D eigenvalue weighted by atomic mass is 19.1. The number of carbonyl (C=O) groups is 1. The van der Waals surface area contributed by atoms with Crippen LogP contribution in [0.5, 0.6) is 5.75 Å². The van der Waals surface area contributed by atoms with E-state index >= 15 is 0 Å². The fourth-order valence-electron chi connectivity index (χ4n) is 2.03. The molecule has 0 bridgehead atoms. The molecule has 128 valence electrons. The van der Waals surface area contributed by atoms with Crippen molar-refractivity contribution >= 4 is 6.03 Å². The predicted molar refractivity (Wildman–Crippen MR) is 88.0 cm³/mol. The Morgan fingerprint density at radius 3 is 2.25 bits per heavy atom. The number of hydrogen-bond acceptors (Lipinski definition) is 2. The number of likely N-dealkylation sites (N-methyl/N-ethyl adjacent to an activating group) is 1. The molecule has 2 aromatic carbocycles. The van der Waals surface area contributed by atoms with Gasteiger partial charge in [0, 0.05) is 13.6 Å². The second-order valence-corrected chi connectivity index (χ2v) is 5.33. The number of carbonyl (C=O) groups excluding carboxylic acids is 1. The van der Waals surface area contributed by atoms with Gasteiger partial charge < -0.3 is 15.0 Å². The summed E-state index contributed by atoms with van der Waals surface area (Å²) in [6.07, 6.45) is 0.631. The summed E-state index contributed by atoms with van der Waals surface area (Å²) in [5, 5.41) is 2.79. The van der Waals surface area contributed by atoms with Crippen LogP contribution >= 0.6 is 0 Å². The molecule has 0 aliphatic rings. The SMILES string of the molecule is CN(CCOc1ccc(F)cc1)C(=O)NCCc1ccc(F)cc1. The normalized spacial score (nSPS) is 10.3. The number of benzene rings is 2. The Bertz CT molecular complexity index is 645. The van der Waals surface area contributed by atoms with Crippen molar-refractivity contribution in [3.8, 4) is 5.75 Å². The zero-order valence-corrected chi connectivity index (χ0v) is 13.5. The van der Waals surface area contributed by atoms with Crippen molar-refractivity contribution in [2.24, 2.45) is 0 Å². The molecule has 2 rings (SSSR count). The molecule has 0 spiro atoms. The van der Waals surface area contributed by atoms with Crippen LogP contribution in [0.1, 0.15) is 5.56 Å². The average molecular weight is 334 g/mol. The van der Waals surface area contributed by atoms with Gasteiger partial charge in [-0.05, 0) is 48.4 Å². The molecule has 0 unspecified atom stereocenters. The van der Waals surface area contributed by atoms with Crippen LogP contribution < -0.4 is 10.1 Å². The Morgan fingerprint density at radius 1 is 1.04 bits per heavy atom. The number of amides is 2. The first-order valence-electron chi connectivity index (χ1n) is 7.66. The van der Waals surface area contributed by atoms with Gasteiger partial charge in [-0.2, -0.15) is 0 Å². The molecule has 0 saturated carbocycles. The van der Waals surface area contributed by atoms with E-state index in [1.54, 1.807) is 19.2 Å². The average Bonchev–Trinajstić information content (AvgIpc) is 2.58. The molecule has 0 heterocycles. The van der Waals surface area contributed by atoms with Crippen molar-refractivity contribution in [1.82, 2.24) is 10.2 Å². The first kappa shape index (κ1) is 17.7. The maximum Gasteiger partial charge on any atom is 0.317 e. The van der Waals surface area contributed by atoms with Crippen LogP contribution in [-0.2, 0) is 6.42 Å². The number of urea groups is 1. The van der Waals surface area contributed by atoms with E-state index in [0.717, 1.165) is 5.56 Å². The minimum atomic E-state index is -0.319. The number of nitrogens with one attached hydrogen (secondary N) is 1. The van der Waals surface area contributed by atoms with Crippen molar-refractivity contribution < 1.29 is 18.3 Å². The molecule has 0 radical (unpaired) electrons. The summed E-state index contributed by atoms with van der Waals surface area (Å²) in [6, 6.07) is 11.7. The zero-order valence-electron chi connectivity index (χ0n) is 13.5. The van der Waals surface area contributed by atoms with Gasteiger partial charge in [-0.25, -0.2) is 13.6 Å². The molecule has 2 aromatic rings. The van der Waals surface area contributed by atoms with Gasteiger partial charge >= 0.3 is 6.03 Å². The second kappa shape index (κ2) is 8.86. The molecule has 24 heavy (non-hydrogen) atoms. The summed E-state index contributed by atoms with van der Waals surface area (Å²) in [5.74, 6) is -0.0369. The Labute approximate surface area is 140 Å². The van der Waals surface area contributed by atoms with Crippen molar-refractivity contribution in [3.63, 3.8) is 0 Å². The monoisotopic (exact) mass is 334 g/mol. The van der Waals surface area contributed by atoms with Gasteiger partial charge in [0.2, 0.25) is 0 Å². The van der Waals surface area contributed by atoms with Crippen LogP contribution in [0.4, 0.5) is 13.6 Å². The second-order valence-electron chi connectivity index (χ2n) is 5.33. The zero-order chi connectivity index (χ0) is 17.4. The maximum absolute atomic E-state index is 12.8. The third-order valence-corrected chi connectivity index (χ3v) is 3.46. The number of halogens is 2. The lowest BCUT2D eigenvalue weighted by atomic mass is 10.1. The summed E-state index contributed by atoms with van der Waals surface area (Å²) >= 11 is 0. The summed E-state index contributed by atoms with van der Waals surface area (Å²) in [6.45, 7) is 1.18. The standard InChI is InChI=1S/C18H20F2N2O2/c1-22(12-13-24-17-8-6-16(20)7-9-17)18(23)21-11-10-14-2-4-15(19)5-3-14/h2-9H,10-13H2,1H3,(H,21,23). The van der Waals surface area contributed by atoms with E-state index in [1.165, 1.54) is 41.3 Å². The molecule has 0 atom stereocenters. The summed E-state index contributed by atoms with van der Waals surface area (Å²) in [4.78, 5) is 13.4. The highest BCUT2D eigenvalue weighted by Gasteiger charge is 2.07. The van der Waals surface area contributed by atoms with E-state index < -0.39 is 0 Å². The van der Waals surface area contributed by atoms with Gasteiger partial charge in [0.25, 0.3) is 0 Å². The Morgan fingerprint density at radius 2 is 1.62 bits per heavy atom. The number of hydrogen-bond donors (Lipinski definition) is 1. The highest BCUT2D eigenvalue weighted by molar-refractivity contribution is 5.73. The third kappa shape index (κ3) is 5.87. The number of ether oxygens (including phenoxy) is 1. The molecule has 6 heteroatoms. The lowest BCUT2D eigenvalue weighted by Gasteiger charge is -2.18.